The number of benzene rings is 2. The molecule has 142 valence electrons. The number of pyridine rings is 1. The largest absolute Gasteiger partial charge is 0.438 e. The van der Waals surface area contributed by atoms with Crippen molar-refractivity contribution in [1.82, 2.24) is 15.0 Å². The molecule has 0 unspecified atom stereocenters. The molecule has 2 N–H and O–H groups in total. The Balaban J connectivity index is 1.66. The predicted molar refractivity (Wildman–Crippen MR) is 113 cm³/mol. The standard InChI is InChI=1S/C22H18N6O/c1-14-20(24-2)27-22(26-17-8-5-15(13-23)6-9-17)28-21(14)29-18-10-7-16-4-3-11-25-19(16)12-18/h3-12H,1-2H3,(H2,24,26,27,28). The second-order valence-electron chi connectivity index (χ2n) is 6.35. The smallest absolute Gasteiger partial charge is 0.232 e. The van der Waals surface area contributed by atoms with Crippen LogP contribution in [0.5, 0.6) is 11.6 Å². The molecule has 0 radical (unpaired) electrons. The van der Waals surface area contributed by atoms with E-state index in [0.717, 1.165) is 22.2 Å². The Bertz CT molecular complexity index is 1210. The van der Waals surface area contributed by atoms with Gasteiger partial charge in [-0.25, -0.2) is 0 Å². The van der Waals surface area contributed by atoms with Crippen LogP contribution >= 0.6 is 0 Å². The Morgan fingerprint density at radius 2 is 1.86 bits per heavy atom. The molecule has 0 aliphatic rings. The Morgan fingerprint density at radius 1 is 1.03 bits per heavy atom. The van der Waals surface area contributed by atoms with Gasteiger partial charge in [0.25, 0.3) is 0 Å². The maximum Gasteiger partial charge on any atom is 0.232 e. The van der Waals surface area contributed by atoms with Crippen LogP contribution < -0.4 is 15.4 Å². The maximum absolute atomic E-state index is 8.94. The monoisotopic (exact) mass is 382 g/mol. The minimum absolute atomic E-state index is 0.388. The van der Waals surface area contributed by atoms with E-state index in [-0.39, 0.29) is 0 Å². The fourth-order valence-electron chi connectivity index (χ4n) is 2.87. The van der Waals surface area contributed by atoms with E-state index in [2.05, 4.69) is 31.7 Å². The third-order valence-corrected chi connectivity index (χ3v) is 4.40. The summed E-state index contributed by atoms with van der Waals surface area (Å²) in [4.78, 5) is 13.4. The number of ether oxygens (including phenoxy) is 1. The van der Waals surface area contributed by atoms with Crippen molar-refractivity contribution >= 4 is 28.4 Å². The van der Waals surface area contributed by atoms with E-state index in [1.165, 1.54) is 0 Å². The molecule has 0 saturated carbocycles. The van der Waals surface area contributed by atoms with Gasteiger partial charge in [0.15, 0.2) is 0 Å². The number of fused-ring (bicyclic) bond motifs is 1. The van der Waals surface area contributed by atoms with Crippen LogP contribution in [-0.4, -0.2) is 22.0 Å². The molecule has 0 fully saturated rings. The fraction of sp³-hybridized carbons (Fsp3) is 0.0909. The van der Waals surface area contributed by atoms with Gasteiger partial charge in [0, 0.05) is 30.4 Å². The van der Waals surface area contributed by atoms with E-state index in [4.69, 9.17) is 10.00 Å². The van der Waals surface area contributed by atoms with Crippen molar-refractivity contribution < 1.29 is 4.74 Å². The van der Waals surface area contributed by atoms with Gasteiger partial charge >= 0.3 is 0 Å². The molecular formula is C22H18N6O. The van der Waals surface area contributed by atoms with Crippen LogP contribution in [-0.2, 0) is 0 Å². The minimum Gasteiger partial charge on any atom is -0.438 e. The van der Waals surface area contributed by atoms with Gasteiger partial charge in [-0.15, -0.1) is 0 Å². The van der Waals surface area contributed by atoms with Gasteiger partial charge in [0.05, 0.1) is 22.7 Å². The summed E-state index contributed by atoms with van der Waals surface area (Å²) in [7, 11) is 1.80. The maximum atomic E-state index is 8.94. The van der Waals surface area contributed by atoms with Crippen LogP contribution in [0.1, 0.15) is 11.1 Å². The third-order valence-electron chi connectivity index (χ3n) is 4.40. The summed E-state index contributed by atoms with van der Waals surface area (Å²) in [5.41, 5.74) is 3.00. The number of hydrogen-bond acceptors (Lipinski definition) is 7. The molecule has 0 aliphatic heterocycles. The molecule has 4 rings (SSSR count). The summed E-state index contributed by atoms with van der Waals surface area (Å²) in [5, 5.41) is 16.2. The summed E-state index contributed by atoms with van der Waals surface area (Å²) in [6.07, 6.45) is 1.75. The van der Waals surface area contributed by atoms with Gasteiger partial charge in [-0.05, 0) is 49.4 Å². The second kappa shape index (κ2) is 7.82. The minimum atomic E-state index is 0.388. The van der Waals surface area contributed by atoms with Crippen molar-refractivity contribution in [3.8, 4) is 17.7 Å². The molecule has 29 heavy (non-hydrogen) atoms. The zero-order valence-electron chi connectivity index (χ0n) is 16.0. The third kappa shape index (κ3) is 3.92. The van der Waals surface area contributed by atoms with Crippen LogP contribution in [0.3, 0.4) is 0 Å². The molecule has 7 nitrogen and oxygen atoms in total. The number of nitrogens with one attached hydrogen (secondary N) is 2. The lowest BCUT2D eigenvalue weighted by molar-refractivity contribution is 0.459. The lowest BCUT2D eigenvalue weighted by Gasteiger charge is -2.14. The Labute approximate surface area is 168 Å². The van der Waals surface area contributed by atoms with Crippen LogP contribution in [0.2, 0.25) is 0 Å². The van der Waals surface area contributed by atoms with Crippen molar-refractivity contribution in [3.05, 3.63) is 71.9 Å². The molecule has 0 spiro atoms. The summed E-state index contributed by atoms with van der Waals surface area (Å²) in [5.74, 6) is 2.13. The summed E-state index contributed by atoms with van der Waals surface area (Å²) in [6, 6.07) is 18.8. The predicted octanol–water partition coefficient (Wildman–Crippen LogP) is 4.78. The van der Waals surface area contributed by atoms with E-state index in [0.29, 0.717) is 29.0 Å². The van der Waals surface area contributed by atoms with E-state index in [1.54, 1.807) is 37.5 Å². The molecule has 2 heterocycles. The van der Waals surface area contributed by atoms with Gasteiger partial charge in [-0.1, -0.05) is 6.07 Å². The summed E-state index contributed by atoms with van der Waals surface area (Å²) >= 11 is 0. The highest BCUT2D eigenvalue weighted by Crippen LogP contribution is 2.30. The Hall–Kier alpha value is -4.18. The zero-order valence-corrected chi connectivity index (χ0v) is 16.0. The lowest BCUT2D eigenvalue weighted by Crippen LogP contribution is -2.05. The molecule has 0 saturated heterocycles. The van der Waals surface area contributed by atoms with Crippen LogP contribution in [0.4, 0.5) is 17.5 Å². The van der Waals surface area contributed by atoms with Crippen molar-refractivity contribution in [2.45, 2.75) is 6.92 Å². The normalized spacial score (nSPS) is 10.4. The SMILES string of the molecule is CNc1nc(Nc2ccc(C#N)cc2)nc(Oc2ccc3cccnc3c2)c1C. The van der Waals surface area contributed by atoms with Gasteiger partial charge < -0.3 is 15.4 Å². The molecule has 0 bridgehead atoms. The molecule has 2 aromatic heterocycles. The number of aromatic nitrogens is 3. The number of hydrogen-bond donors (Lipinski definition) is 2. The highest BCUT2D eigenvalue weighted by atomic mass is 16.5. The van der Waals surface area contributed by atoms with Gasteiger partial charge in [-0.2, -0.15) is 15.2 Å². The molecule has 4 aromatic rings. The molecule has 7 heteroatoms. The molecular weight excluding hydrogens is 364 g/mol. The van der Waals surface area contributed by atoms with Crippen molar-refractivity contribution in [2.75, 3.05) is 17.7 Å². The van der Waals surface area contributed by atoms with Crippen LogP contribution in [0, 0.1) is 18.3 Å². The lowest BCUT2D eigenvalue weighted by atomic mass is 10.2. The second-order valence-corrected chi connectivity index (χ2v) is 6.35. The summed E-state index contributed by atoms with van der Waals surface area (Å²) in [6.45, 7) is 1.89. The van der Waals surface area contributed by atoms with Crippen LogP contribution in [0.15, 0.2) is 60.8 Å². The number of anilines is 3. The van der Waals surface area contributed by atoms with E-state index in [1.807, 2.05) is 37.3 Å². The first-order chi connectivity index (χ1) is 14.2. The van der Waals surface area contributed by atoms with Crippen molar-refractivity contribution in [1.29, 1.82) is 5.26 Å². The van der Waals surface area contributed by atoms with E-state index in [9.17, 15) is 0 Å². The highest BCUT2D eigenvalue weighted by Gasteiger charge is 2.13. The quantitative estimate of drug-likeness (QED) is 0.513. The van der Waals surface area contributed by atoms with Gasteiger partial charge in [-0.3, -0.25) is 4.98 Å². The van der Waals surface area contributed by atoms with Crippen molar-refractivity contribution in [2.24, 2.45) is 0 Å². The average molecular weight is 382 g/mol. The first-order valence-electron chi connectivity index (χ1n) is 9.02. The molecule has 2 aromatic carbocycles. The Morgan fingerprint density at radius 3 is 2.62 bits per heavy atom. The number of nitriles is 1. The van der Waals surface area contributed by atoms with E-state index >= 15 is 0 Å². The fourth-order valence-corrected chi connectivity index (χ4v) is 2.87. The number of rotatable bonds is 5. The van der Waals surface area contributed by atoms with Crippen LogP contribution in [0.25, 0.3) is 10.9 Å². The highest BCUT2D eigenvalue weighted by molar-refractivity contribution is 5.79. The molecule has 0 aliphatic carbocycles. The first-order valence-corrected chi connectivity index (χ1v) is 9.02. The zero-order chi connectivity index (χ0) is 20.2. The topological polar surface area (TPSA) is 95.8 Å². The molecule has 0 atom stereocenters. The van der Waals surface area contributed by atoms with E-state index < -0.39 is 0 Å². The average Bonchev–Trinajstić information content (AvgIpc) is 2.76. The summed E-state index contributed by atoms with van der Waals surface area (Å²) < 4.78 is 6.06. The Kier molecular flexibility index (Phi) is 4.91. The van der Waals surface area contributed by atoms with Crippen molar-refractivity contribution in [3.63, 3.8) is 0 Å². The molecule has 0 amide bonds. The van der Waals surface area contributed by atoms with Gasteiger partial charge in [0.1, 0.15) is 11.6 Å². The number of nitrogens with zero attached hydrogens (tertiary/aromatic N) is 4. The van der Waals surface area contributed by atoms with Gasteiger partial charge in [0.2, 0.25) is 11.8 Å². The first kappa shape index (κ1) is 18.2.